The van der Waals surface area contributed by atoms with Gasteiger partial charge in [-0.2, -0.15) is 0 Å². The van der Waals surface area contributed by atoms with E-state index in [0.717, 1.165) is 0 Å². The summed E-state index contributed by atoms with van der Waals surface area (Å²) in [5.74, 6) is 0. The Labute approximate surface area is 42.1 Å². The van der Waals surface area contributed by atoms with Crippen molar-refractivity contribution < 1.29 is 0 Å². The molecule has 1 heteroatoms. The van der Waals surface area contributed by atoms with Crippen molar-refractivity contribution in [2.24, 2.45) is 0 Å². The van der Waals surface area contributed by atoms with Crippen LogP contribution in [0, 0.1) is 0 Å². The van der Waals surface area contributed by atoms with Crippen LogP contribution in [0.5, 0.6) is 0 Å². The van der Waals surface area contributed by atoms with Gasteiger partial charge in [-0.25, -0.2) is 0 Å². The maximum absolute atomic E-state index is 2.32. The molecule has 0 heterocycles. The lowest BCUT2D eigenvalue weighted by atomic mass is 10.8. The van der Waals surface area contributed by atoms with E-state index in [2.05, 4.69) is 25.6 Å². The van der Waals surface area contributed by atoms with Crippen molar-refractivity contribution in [2.75, 3.05) is 0 Å². The van der Waals surface area contributed by atoms with Gasteiger partial charge in [0.15, 0.2) is 0 Å². The van der Waals surface area contributed by atoms with Gasteiger partial charge in [0.25, 0.3) is 0 Å². The monoisotopic (exact) mass is 100 g/mol. The van der Waals surface area contributed by atoms with E-state index >= 15 is 0 Å². The van der Waals surface area contributed by atoms with E-state index in [1.165, 1.54) is 6.04 Å². The maximum Gasteiger partial charge on any atom is 0.0447 e. The molecule has 0 aliphatic carbocycles. The molecule has 0 amide bonds. The zero-order chi connectivity index (χ0) is 4.83. The van der Waals surface area contributed by atoms with Crippen LogP contribution in [0.15, 0.2) is 11.8 Å². The Bertz CT molecular complexity index is 39.2. The predicted octanol–water partition coefficient (Wildman–Crippen LogP) is 1.13. The molecule has 0 atom stereocenters. The van der Waals surface area contributed by atoms with E-state index in [0.29, 0.717) is 0 Å². The Hall–Kier alpha value is -0.0431. The summed E-state index contributed by atoms with van der Waals surface area (Å²) in [6.45, 7) is 4.33. The molecule has 0 spiro atoms. The van der Waals surface area contributed by atoms with Crippen LogP contribution in [0.1, 0.15) is 13.8 Å². The lowest BCUT2D eigenvalue weighted by Gasteiger charge is -1.74. The number of hydrogen-bond donors (Lipinski definition) is 0. The Balaban J connectivity index is 2.66. The summed E-state index contributed by atoms with van der Waals surface area (Å²) in [7, 11) is 0.241. The highest BCUT2D eigenvalue weighted by molar-refractivity contribution is 6.41. The number of allylic oxidation sites excluding steroid dienone is 1. The zero-order valence-corrected chi connectivity index (χ0v) is 5.98. The first-order valence-corrected chi connectivity index (χ1v) is 4.34. The first-order chi connectivity index (χ1) is 2.91. The molecule has 6 heavy (non-hydrogen) atoms. The quantitative estimate of drug-likeness (QED) is 0.456. The molecule has 0 bridgehead atoms. The lowest BCUT2D eigenvalue weighted by molar-refractivity contribution is 1.46. The van der Waals surface area contributed by atoms with E-state index in [9.17, 15) is 0 Å². The van der Waals surface area contributed by atoms with E-state index < -0.39 is 0 Å². The van der Waals surface area contributed by atoms with E-state index in [-0.39, 0.29) is 9.52 Å². The highest BCUT2D eigenvalue weighted by Crippen LogP contribution is 1.73. The Morgan fingerprint density at radius 1 is 1.67 bits per heavy atom. The van der Waals surface area contributed by atoms with Crippen LogP contribution in [0.4, 0.5) is 0 Å². The molecule has 0 unspecified atom stereocenters. The zero-order valence-electron chi connectivity index (χ0n) is 4.57. The molecular weight excluding hydrogens is 88.1 g/mol. The molecule has 0 aromatic carbocycles. The molecule has 0 aromatic heterocycles. The van der Waals surface area contributed by atoms with Crippen molar-refractivity contribution in [1.82, 2.24) is 0 Å². The Kier molecular flexibility index (Phi) is 4.92. The van der Waals surface area contributed by atoms with Gasteiger partial charge in [0, 0.05) is 9.52 Å². The number of hydrogen-bond acceptors (Lipinski definition) is 0. The van der Waals surface area contributed by atoms with Crippen LogP contribution in [-0.4, -0.2) is 9.52 Å². The van der Waals surface area contributed by atoms with Crippen molar-refractivity contribution >= 4 is 9.52 Å². The summed E-state index contributed by atoms with van der Waals surface area (Å²) in [6, 6.07) is 1.41. The summed E-state index contributed by atoms with van der Waals surface area (Å²) in [5, 5.41) is 0. The highest BCUT2D eigenvalue weighted by atomic mass is 28.2. The molecule has 0 rings (SSSR count). The normalized spacial score (nSPS) is 12.3. The van der Waals surface area contributed by atoms with Crippen LogP contribution in [0.3, 0.4) is 0 Å². The van der Waals surface area contributed by atoms with Gasteiger partial charge in [-0.3, -0.25) is 0 Å². The van der Waals surface area contributed by atoms with E-state index in [1.807, 2.05) is 0 Å². The summed E-state index contributed by atoms with van der Waals surface area (Å²) in [5.41, 5.74) is 2.32. The molecule has 36 valence electrons. The van der Waals surface area contributed by atoms with Gasteiger partial charge >= 0.3 is 0 Å². The van der Waals surface area contributed by atoms with Gasteiger partial charge in [0.1, 0.15) is 0 Å². The van der Waals surface area contributed by atoms with Crippen molar-refractivity contribution in [2.45, 2.75) is 19.9 Å². The minimum atomic E-state index is 0.241. The second-order valence-electron chi connectivity index (χ2n) is 1.36. The first kappa shape index (κ1) is 5.96. The summed E-state index contributed by atoms with van der Waals surface area (Å²) in [4.78, 5) is 0. The van der Waals surface area contributed by atoms with Gasteiger partial charge in [-0.15, -0.1) is 5.70 Å². The van der Waals surface area contributed by atoms with Crippen molar-refractivity contribution in [3.05, 3.63) is 11.8 Å². The fraction of sp³-hybridized carbons (Fsp3) is 0.600. The van der Waals surface area contributed by atoms with Crippen LogP contribution < -0.4 is 0 Å². The molecule has 0 radical (unpaired) electrons. The van der Waals surface area contributed by atoms with Crippen LogP contribution in [0.2, 0.25) is 6.04 Å². The van der Waals surface area contributed by atoms with Gasteiger partial charge in [0.2, 0.25) is 0 Å². The van der Waals surface area contributed by atoms with Gasteiger partial charge < -0.3 is 0 Å². The molecule has 0 aliphatic rings. The standard InChI is InChI=1S/C5H12Si/c1-3-5-6-4-2/h3,5H,4,6H2,1-2H3/b5-3-. The summed E-state index contributed by atoms with van der Waals surface area (Å²) >= 11 is 0. The second-order valence-corrected chi connectivity index (χ2v) is 3.41. The van der Waals surface area contributed by atoms with Crippen LogP contribution >= 0.6 is 0 Å². The topological polar surface area (TPSA) is 0 Å². The SMILES string of the molecule is C/C=C\[SiH2]CC. The molecule has 0 nitrogen and oxygen atoms in total. The average molecular weight is 100 g/mol. The molecular formula is C5H12Si. The smallest absolute Gasteiger partial charge is 0.0447 e. The van der Waals surface area contributed by atoms with Crippen LogP contribution in [0.25, 0.3) is 0 Å². The fourth-order valence-electron chi connectivity index (χ4n) is 0.333. The molecule has 0 fully saturated rings. The third kappa shape index (κ3) is 3.96. The minimum absolute atomic E-state index is 0.241. The maximum atomic E-state index is 2.32. The summed E-state index contributed by atoms with van der Waals surface area (Å²) < 4.78 is 0. The molecule has 0 saturated heterocycles. The fourth-order valence-corrected chi connectivity index (χ4v) is 1.00. The van der Waals surface area contributed by atoms with Gasteiger partial charge in [0.05, 0.1) is 0 Å². The lowest BCUT2D eigenvalue weighted by Crippen LogP contribution is -1.74. The van der Waals surface area contributed by atoms with E-state index in [4.69, 9.17) is 0 Å². The third-order valence-corrected chi connectivity index (χ3v) is 2.07. The molecule has 0 aliphatic heterocycles. The molecule has 0 saturated carbocycles. The number of rotatable bonds is 2. The van der Waals surface area contributed by atoms with Crippen molar-refractivity contribution in [3.63, 3.8) is 0 Å². The molecule has 0 N–H and O–H groups in total. The molecule has 0 aromatic rings. The highest BCUT2D eigenvalue weighted by Gasteiger charge is 1.66. The first-order valence-electron chi connectivity index (χ1n) is 2.53. The second kappa shape index (κ2) is 4.96. The van der Waals surface area contributed by atoms with Gasteiger partial charge in [-0.1, -0.05) is 19.0 Å². The third-order valence-electron chi connectivity index (χ3n) is 0.691. The summed E-state index contributed by atoms with van der Waals surface area (Å²) in [6.07, 6.45) is 2.15. The van der Waals surface area contributed by atoms with Crippen molar-refractivity contribution in [3.8, 4) is 0 Å². The van der Waals surface area contributed by atoms with Crippen molar-refractivity contribution in [1.29, 1.82) is 0 Å². The van der Waals surface area contributed by atoms with E-state index in [1.54, 1.807) is 0 Å². The van der Waals surface area contributed by atoms with Gasteiger partial charge in [-0.05, 0) is 6.92 Å². The minimum Gasteiger partial charge on any atom is -0.106 e. The van der Waals surface area contributed by atoms with Crippen LogP contribution in [-0.2, 0) is 0 Å². The Morgan fingerprint density at radius 3 is 2.50 bits per heavy atom. The predicted molar refractivity (Wildman–Crippen MR) is 33.8 cm³/mol. The average Bonchev–Trinajstić information content (AvgIpc) is 1.61. The largest absolute Gasteiger partial charge is 0.106 e. The Morgan fingerprint density at radius 2 is 2.33 bits per heavy atom.